The molecular weight excluding hydrogens is 621 g/mol. The van der Waals surface area contributed by atoms with Gasteiger partial charge in [-0.1, -0.05) is 54.7 Å². The number of nitrogens with one attached hydrogen (secondary N) is 1. The minimum Gasteiger partial charge on any atom is -0.494 e. The van der Waals surface area contributed by atoms with Gasteiger partial charge in [-0.3, -0.25) is 13.9 Å². The van der Waals surface area contributed by atoms with Crippen molar-refractivity contribution in [3.63, 3.8) is 0 Å². The average Bonchev–Trinajstić information content (AvgIpc) is 2.97. The highest BCUT2D eigenvalue weighted by atomic mass is 35.5. The molecule has 12 heteroatoms. The zero-order valence-corrected chi connectivity index (χ0v) is 26.7. The van der Waals surface area contributed by atoms with E-state index in [0.717, 1.165) is 4.31 Å². The molecule has 1 N–H and O–H groups in total. The number of nitrogens with zero attached hydrogens (tertiary/aromatic N) is 2. The molecule has 2 amide bonds. The Bertz CT molecular complexity index is 1450. The second-order valence-corrected chi connectivity index (χ2v) is 12.4. The Kier molecular flexibility index (Phi) is 12.4. The topological polar surface area (TPSA) is 96.0 Å². The first-order chi connectivity index (χ1) is 20.0. The van der Waals surface area contributed by atoms with E-state index in [1.54, 1.807) is 49.4 Å². The molecule has 0 aliphatic rings. The molecule has 0 saturated heterocycles. The van der Waals surface area contributed by atoms with Crippen molar-refractivity contribution in [2.75, 3.05) is 24.0 Å². The van der Waals surface area contributed by atoms with Crippen LogP contribution in [-0.4, -0.2) is 50.9 Å². The molecule has 0 aliphatic heterocycles. The number of ether oxygens (including phenoxy) is 1. The van der Waals surface area contributed by atoms with Crippen LogP contribution in [-0.2, 0) is 26.2 Å². The van der Waals surface area contributed by atoms with Crippen molar-refractivity contribution in [2.45, 2.75) is 51.1 Å². The summed E-state index contributed by atoms with van der Waals surface area (Å²) in [7, 11) is -4.25. The van der Waals surface area contributed by atoms with Crippen molar-refractivity contribution in [1.82, 2.24) is 10.2 Å². The molecule has 0 saturated carbocycles. The SMILES string of the molecule is CCCNC(=O)[C@H](CC)N(Cc1c(Cl)cccc1Cl)C(=O)CN(c1ccc(OCC)cc1)S(=O)(=O)c1ccc(Cl)cc1. The van der Waals surface area contributed by atoms with E-state index in [0.29, 0.717) is 46.0 Å². The number of sulfonamides is 1. The number of hydrogen-bond donors (Lipinski definition) is 1. The molecule has 0 aliphatic carbocycles. The molecule has 3 aromatic rings. The average molecular weight is 655 g/mol. The van der Waals surface area contributed by atoms with Gasteiger partial charge in [0.1, 0.15) is 18.3 Å². The smallest absolute Gasteiger partial charge is 0.264 e. The van der Waals surface area contributed by atoms with E-state index in [1.807, 2.05) is 13.8 Å². The molecule has 42 heavy (non-hydrogen) atoms. The van der Waals surface area contributed by atoms with Crippen LogP contribution in [0.5, 0.6) is 5.75 Å². The zero-order chi connectivity index (χ0) is 30.9. The van der Waals surface area contributed by atoms with Crippen LogP contribution >= 0.6 is 34.8 Å². The number of carbonyl (C=O) groups excluding carboxylic acids is 2. The van der Waals surface area contributed by atoms with Crippen LogP contribution in [0.3, 0.4) is 0 Å². The van der Waals surface area contributed by atoms with Gasteiger partial charge in [-0.15, -0.1) is 0 Å². The number of anilines is 1. The summed E-state index contributed by atoms with van der Waals surface area (Å²) in [6.07, 6.45) is 0.980. The Hall–Kier alpha value is -2.98. The fraction of sp³-hybridized carbons (Fsp3) is 0.333. The van der Waals surface area contributed by atoms with Gasteiger partial charge in [-0.05, 0) is 80.4 Å². The quantitative estimate of drug-likeness (QED) is 0.212. The van der Waals surface area contributed by atoms with Gasteiger partial charge in [0.05, 0.1) is 17.2 Å². The normalized spacial score (nSPS) is 12.0. The van der Waals surface area contributed by atoms with Crippen LogP contribution in [0.15, 0.2) is 71.6 Å². The standard InChI is InChI=1S/C30H34Cl3N3O5S/c1-4-18-34-30(38)28(5-2)35(19-25-26(32)8-7-9-27(25)33)29(37)20-36(22-12-14-23(15-13-22)41-6-3)42(39,40)24-16-10-21(31)11-17-24/h7-17,28H,4-6,18-20H2,1-3H3,(H,34,38)/t28-/m0/s1. The first-order valence-electron chi connectivity index (χ1n) is 13.5. The molecule has 0 fully saturated rings. The molecule has 3 aromatic carbocycles. The largest absolute Gasteiger partial charge is 0.494 e. The molecule has 8 nitrogen and oxygen atoms in total. The zero-order valence-electron chi connectivity index (χ0n) is 23.6. The van der Waals surface area contributed by atoms with Crippen LogP contribution in [0.25, 0.3) is 0 Å². The van der Waals surface area contributed by atoms with E-state index in [9.17, 15) is 18.0 Å². The lowest BCUT2D eigenvalue weighted by molar-refractivity contribution is -0.140. The summed E-state index contributed by atoms with van der Waals surface area (Å²) in [5.74, 6) is -0.426. The molecule has 0 spiro atoms. The highest BCUT2D eigenvalue weighted by Crippen LogP contribution is 2.30. The van der Waals surface area contributed by atoms with Gasteiger partial charge in [-0.2, -0.15) is 0 Å². The molecule has 0 bridgehead atoms. The summed E-state index contributed by atoms with van der Waals surface area (Å²) in [5.41, 5.74) is 0.685. The molecule has 0 radical (unpaired) electrons. The minimum absolute atomic E-state index is 0.0537. The lowest BCUT2D eigenvalue weighted by Crippen LogP contribution is -2.52. The second-order valence-electron chi connectivity index (χ2n) is 9.33. The molecular formula is C30H34Cl3N3O5S. The number of benzene rings is 3. The lowest BCUT2D eigenvalue weighted by atomic mass is 10.1. The Balaban J connectivity index is 2.09. The summed E-state index contributed by atoms with van der Waals surface area (Å²) < 4.78 is 34.4. The number of halogens is 3. The molecule has 0 unspecified atom stereocenters. The van der Waals surface area contributed by atoms with E-state index >= 15 is 0 Å². The van der Waals surface area contributed by atoms with Gasteiger partial charge in [0.2, 0.25) is 11.8 Å². The van der Waals surface area contributed by atoms with Gasteiger partial charge in [-0.25, -0.2) is 8.42 Å². The van der Waals surface area contributed by atoms with E-state index in [1.165, 1.54) is 29.2 Å². The van der Waals surface area contributed by atoms with E-state index in [4.69, 9.17) is 39.5 Å². The third kappa shape index (κ3) is 8.31. The highest BCUT2D eigenvalue weighted by Gasteiger charge is 2.34. The molecule has 0 heterocycles. The van der Waals surface area contributed by atoms with Crippen molar-refractivity contribution in [3.05, 3.63) is 87.4 Å². The minimum atomic E-state index is -4.25. The fourth-order valence-corrected chi connectivity index (χ4v) is 6.33. The van der Waals surface area contributed by atoms with Gasteiger partial charge < -0.3 is 15.0 Å². The lowest BCUT2D eigenvalue weighted by Gasteiger charge is -2.33. The first kappa shape index (κ1) is 33.5. The monoisotopic (exact) mass is 653 g/mol. The van der Waals surface area contributed by atoms with Crippen molar-refractivity contribution < 1.29 is 22.7 Å². The summed E-state index contributed by atoms with van der Waals surface area (Å²) in [6.45, 7) is 5.69. The fourth-order valence-electron chi connectivity index (χ4n) is 4.28. The predicted molar refractivity (Wildman–Crippen MR) is 168 cm³/mol. The van der Waals surface area contributed by atoms with Gasteiger partial charge in [0.15, 0.2) is 0 Å². The van der Waals surface area contributed by atoms with E-state index in [2.05, 4.69) is 5.32 Å². The van der Waals surface area contributed by atoms with E-state index in [-0.39, 0.29) is 29.5 Å². The second kappa shape index (κ2) is 15.5. The summed E-state index contributed by atoms with van der Waals surface area (Å²) in [4.78, 5) is 28.6. The van der Waals surface area contributed by atoms with E-state index < -0.39 is 28.5 Å². The number of rotatable bonds is 14. The first-order valence-corrected chi connectivity index (χ1v) is 16.1. The predicted octanol–water partition coefficient (Wildman–Crippen LogP) is 6.57. The third-order valence-corrected chi connectivity index (χ3v) is 9.19. The van der Waals surface area contributed by atoms with Crippen LogP contribution in [0.1, 0.15) is 39.2 Å². The summed E-state index contributed by atoms with van der Waals surface area (Å²) in [5, 5.41) is 3.85. The van der Waals surface area contributed by atoms with Crippen molar-refractivity contribution in [3.8, 4) is 5.75 Å². The maximum absolute atomic E-state index is 14.1. The van der Waals surface area contributed by atoms with Gasteiger partial charge >= 0.3 is 0 Å². The number of amides is 2. The number of hydrogen-bond acceptors (Lipinski definition) is 5. The summed E-state index contributed by atoms with van der Waals surface area (Å²) in [6, 6.07) is 16.1. The Morgan fingerprint density at radius 3 is 2.07 bits per heavy atom. The van der Waals surface area contributed by atoms with Crippen molar-refractivity contribution >= 4 is 62.3 Å². The van der Waals surface area contributed by atoms with Crippen LogP contribution in [0.4, 0.5) is 5.69 Å². The molecule has 226 valence electrons. The van der Waals surface area contributed by atoms with Crippen LogP contribution in [0, 0.1) is 0 Å². The van der Waals surface area contributed by atoms with Crippen molar-refractivity contribution in [2.24, 2.45) is 0 Å². The molecule has 1 atom stereocenters. The summed E-state index contributed by atoms with van der Waals surface area (Å²) >= 11 is 18.9. The Morgan fingerprint density at radius 2 is 1.52 bits per heavy atom. The van der Waals surface area contributed by atoms with Gasteiger partial charge in [0.25, 0.3) is 10.0 Å². The maximum Gasteiger partial charge on any atom is 0.264 e. The van der Waals surface area contributed by atoms with Crippen LogP contribution in [0.2, 0.25) is 15.1 Å². The van der Waals surface area contributed by atoms with Gasteiger partial charge in [0, 0.05) is 33.7 Å². The highest BCUT2D eigenvalue weighted by molar-refractivity contribution is 7.92. The molecule has 0 aromatic heterocycles. The number of carbonyl (C=O) groups is 2. The van der Waals surface area contributed by atoms with Crippen LogP contribution < -0.4 is 14.4 Å². The maximum atomic E-state index is 14.1. The molecule has 3 rings (SSSR count). The Labute approximate surface area is 262 Å². The Morgan fingerprint density at radius 1 is 0.905 bits per heavy atom. The third-order valence-electron chi connectivity index (χ3n) is 6.44. The van der Waals surface area contributed by atoms with Crippen molar-refractivity contribution in [1.29, 1.82) is 0 Å².